The fourth-order valence-electron chi connectivity index (χ4n) is 3.25. The highest BCUT2D eigenvalue weighted by Gasteiger charge is 2.29. The van der Waals surface area contributed by atoms with Gasteiger partial charge in [0.25, 0.3) is 0 Å². The fourth-order valence-corrected chi connectivity index (χ4v) is 3.25. The van der Waals surface area contributed by atoms with Crippen LogP contribution in [0, 0.1) is 11.8 Å². The van der Waals surface area contributed by atoms with E-state index >= 15 is 0 Å². The van der Waals surface area contributed by atoms with Gasteiger partial charge in [-0.1, -0.05) is 13.0 Å². The van der Waals surface area contributed by atoms with Gasteiger partial charge in [0.15, 0.2) is 18.1 Å². The fraction of sp³-hybridized carbons (Fsp3) is 0.632. The number of ether oxygens (including phenoxy) is 2. The zero-order valence-corrected chi connectivity index (χ0v) is 15.7. The summed E-state index contributed by atoms with van der Waals surface area (Å²) in [5.41, 5.74) is 0.731. The summed E-state index contributed by atoms with van der Waals surface area (Å²) in [6.45, 7) is 3.01. The smallest absolute Gasteiger partial charge is 0.422 e. The molecule has 1 amide bonds. The first-order chi connectivity index (χ1) is 12.8. The summed E-state index contributed by atoms with van der Waals surface area (Å²) < 4.78 is 46.7. The van der Waals surface area contributed by atoms with E-state index in [0.29, 0.717) is 18.3 Å². The molecule has 8 heteroatoms. The van der Waals surface area contributed by atoms with Crippen LogP contribution in [-0.4, -0.2) is 38.9 Å². The number of nitrogens with one attached hydrogen (secondary N) is 2. The quantitative estimate of drug-likeness (QED) is 0.718. The van der Waals surface area contributed by atoms with Gasteiger partial charge in [0, 0.05) is 13.0 Å². The number of benzene rings is 1. The van der Waals surface area contributed by atoms with Gasteiger partial charge in [0.05, 0.1) is 7.11 Å². The van der Waals surface area contributed by atoms with Crippen LogP contribution in [0.2, 0.25) is 0 Å². The predicted molar refractivity (Wildman–Crippen MR) is 95.8 cm³/mol. The van der Waals surface area contributed by atoms with Gasteiger partial charge < -0.3 is 20.1 Å². The lowest BCUT2D eigenvalue weighted by atomic mass is 9.84. The van der Waals surface area contributed by atoms with Crippen LogP contribution in [0.1, 0.15) is 31.7 Å². The van der Waals surface area contributed by atoms with Crippen LogP contribution >= 0.6 is 0 Å². The lowest BCUT2D eigenvalue weighted by Gasteiger charge is -2.27. The molecule has 1 aromatic rings. The SMILES string of the molecule is COc1cc(CNC(=O)CC(C)C2CCNCC2)ccc1OCC(F)(F)F. The van der Waals surface area contributed by atoms with E-state index in [9.17, 15) is 18.0 Å². The van der Waals surface area contributed by atoms with Crippen LogP contribution in [0.15, 0.2) is 18.2 Å². The topological polar surface area (TPSA) is 59.6 Å². The lowest BCUT2D eigenvalue weighted by Crippen LogP contribution is -2.33. The third-order valence-corrected chi connectivity index (χ3v) is 4.80. The van der Waals surface area contributed by atoms with Gasteiger partial charge in [-0.3, -0.25) is 4.79 Å². The highest BCUT2D eigenvalue weighted by Crippen LogP contribution is 2.30. The Balaban J connectivity index is 1.84. The van der Waals surface area contributed by atoms with Crippen LogP contribution in [0.3, 0.4) is 0 Å². The number of methoxy groups -OCH3 is 1. The van der Waals surface area contributed by atoms with E-state index in [4.69, 9.17) is 9.47 Å². The molecule has 152 valence electrons. The van der Waals surface area contributed by atoms with Crippen molar-refractivity contribution in [2.75, 3.05) is 26.8 Å². The highest BCUT2D eigenvalue weighted by atomic mass is 19.4. The molecule has 1 aliphatic rings. The van der Waals surface area contributed by atoms with Crippen molar-refractivity contribution in [3.8, 4) is 11.5 Å². The third-order valence-electron chi connectivity index (χ3n) is 4.80. The minimum atomic E-state index is -4.41. The Morgan fingerprint density at radius 2 is 2.00 bits per heavy atom. The maximum Gasteiger partial charge on any atom is 0.422 e. The minimum Gasteiger partial charge on any atom is -0.493 e. The molecule has 1 heterocycles. The van der Waals surface area contributed by atoms with Gasteiger partial charge in [-0.2, -0.15) is 13.2 Å². The largest absolute Gasteiger partial charge is 0.493 e. The number of amides is 1. The van der Waals surface area contributed by atoms with Gasteiger partial charge in [-0.15, -0.1) is 0 Å². The Morgan fingerprint density at radius 3 is 2.63 bits per heavy atom. The molecule has 27 heavy (non-hydrogen) atoms. The second-order valence-electron chi connectivity index (χ2n) is 6.93. The average Bonchev–Trinajstić information content (AvgIpc) is 2.65. The number of halogens is 3. The van der Waals surface area contributed by atoms with Crippen LogP contribution in [0.4, 0.5) is 13.2 Å². The van der Waals surface area contributed by atoms with Gasteiger partial charge in [-0.05, 0) is 55.5 Å². The molecule has 0 radical (unpaired) electrons. The van der Waals surface area contributed by atoms with Crippen molar-refractivity contribution in [1.29, 1.82) is 0 Å². The molecule has 2 N–H and O–H groups in total. The Labute approximate surface area is 157 Å². The number of hydrogen-bond donors (Lipinski definition) is 2. The third kappa shape index (κ3) is 7.28. The van der Waals surface area contributed by atoms with Crippen molar-refractivity contribution in [2.24, 2.45) is 11.8 Å². The molecular weight excluding hydrogens is 361 g/mol. The average molecular weight is 388 g/mol. The second kappa shape index (κ2) is 9.82. The number of hydrogen-bond acceptors (Lipinski definition) is 4. The summed E-state index contributed by atoms with van der Waals surface area (Å²) in [6, 6.07) is 4.61. The Bertz CT molecular complexity index is 617. The van der Waals surface area contributed by atoms with Crippen LogP contribution in [0.5, 0.6) is 11.5 Å². The van der Waals surface area contributed by atoms with Crippen molar-refractivity contribution >= 4 is 5.91 Å². The van der Waals surface area contributed by atoms with Crippen molar-refractivity contribution in [3.05, 3.63) is 23.8 Å². The lowest BCUT2D eigenvalue weighted by molar-refractivity contribution is -0.153. The van der Waals surface area contributed by atoms with Crippen molar-refractivity contribution in [3.63, 3.8) is 0 Å². The number of alkyl halides is 3. The highest BCUT2D eigenvalue weighted by molar-refractivity contribution is 5.76. The second-order valence-corrected chi connectivity index (χ2v) is 6.93. The van der Waals surface area contributed by atoms with E-state index in [1.807, 2.05) is 0 Å². The molecule has 1 aromatic carbocycles. The van der Waals surface area contributed by atoms with E-state index in [2.05, 4.69) is 17.6 Å². The zero-order valence-electron chi connectivity index (χ0n) is 15.7. The summed E-state index contributed by atoms with van der Waals surface area (Å²) in [7, 11) is 1.36. The molecule has 0 bridgehead atoms. The van der Waals surface area contributed by atoms with Crippen molar-refractivity contribution < 1.29 is 27.4 Å². The van der Waals surface area contributed by atoms with Gasteiger partial charge in [0.2, 0.25) is 5.91 Å². The molecular formula is C19H27F3N2O3. The summed E-state index contributed by atoms with van der Waals surface area (Å²) in [4.78, 5) is 12.2. The molecule has 0 aliphatic carbocycles. The van der Waals surface area contributed by atoms with Crippen LogP contribution in [0.25, 0.3) is 0 Å². The number of piperidine rings is 1. The van der Waals surface area contributed by atoms with Gasteiger partial charge in [-0.25, -0.2) is 0 Å². The molecule has 1 aliphatic heterocycles. The zero-order chi connectivity index (χ0) is 19.9. The molecule has 0 saturated carbocycles. The summed E-state index contributed by atoms with van der Waals surface area (Å²) in [6.07, 6.45) is -1.77. The summed E-state index contributed by atoms with van der Waals surface area (Å²) >= 11 is 0. The first kappa shape index (κ1) is 21.3. The number of rotatable bonds is 8. The van der Waals surface area contributed by atoms with E-state index < -0.39 is 12.8 Å². The van der Waals surface area contributed by atoms with Gasteiger partial charge in [0.1, 0.15) is 0 Å². The standard InChI is InChI=1S/C19H27F3N2O3/c1-13(15-5-7-23-8-6-15)9-18(25)24-11-14-3-4-16(17(10-14)26-2)27-12-19(20,21)22/h3-4,10,13,15,23H,5-9,11-12H2,1-2H3,(H,24,25). The maximum absolute atomic E-state index is 12.3. The first-order valence-corrected chi connectivity index (χ1v) is 9.12. The molecule has 1 fully saturated rings. The van der Waals surface area contributed by atoms with Crippen molar-refractivity contribution in [1.82, 2.24) is 10.6 Å². The maximum atomic E-state index is 12.3. The Hall–Kier alpha value is -1.96. The molecule has 5 nitrogen and oxygen atoms in total. The Morgan fingerprint density at radius 1 is 1.30 bits per heavy atom. The minimum absolute atomic E-state index is 0.0180. The van der Waals surface area contributed by atoms with Crippen LogP contribution in [-0.2, 0) is 11.3 Å². The summed E-state index contributed by atoms with van der Waals surface area (Å²) in [5.74, 6) is 1.07. The van der Waals surface area contributed by atoms with Gasteiger partial charge >= 0.3 is 6.18 Å². The monoisotopic (exact) mass is 388 g/mol. The molecule has 0 aromatic heterocycles. The van der Waals surface area contributed by atoms with Crippen LogP contribution < -0.4 is 20.1 Å². The number of carbonyl (C=O) groups is 1. The van der Waals surface area contributed by atoms with Crippen molar-refractivity contribution in [2.45, 2.75) is 38.9 Å². The summed E-state index contributed by atoms with van der Waals surface area (Å²) in [5, 5.41) is 6.18. The van der Waals surface area contributed by atoms with E-state index in [-0.39, 0.29) is 24.0 Å². The van der Waals surface area contributed by atoms with E-state index in [0.717, 1.165) is 31.5 Å². The molecule has 1 unspecified atom stereocenters. The van der Waals surface area contributed by atoms with E-state index in [1.165, 1.54) is 13.2 Å². The first-order valence-electron chi connectivity index (χ1n) is 9.12. The normalized spacial score (nSPS) is 16.6. The molecule has 1 atom stereocenters. The molecule has 0 spiro atoms. The van der Waals surface area contributed by atoms with E-state index in [1.54, 1.807) is 12.1 Å². The number of carbonyl (C=O) groups excluding carboxylic acids is 1. The Kier molecular flexibility index (Phi) is 7.77. The molecule has 2 rings (SSSR count). The predicted octanol–water partition coefficient (Wildman–Crippen LogP) is 3.28. The molecule has 1 saturated heterocycles.